The Kier molecular flexibility index (Phi) is 2.83. The summed E-state index contributed by atoms with van der Waals surface area (Å²) in [6.07, 6.45) is 3.17. The van der Waals surface area contributed by atoms with Gasteiger partial charge in [0.05, 0.1) is 23.1 Å². The van der Waals surface area contributed by atoms with Gasteiger partial charge in [-0.15, -0.1) is 0 Å². The minimum atomic E-state index is -0.293. The first-order valence-electron chi connectivity index (χ1n) is 6.09. The lowest BCUT2D eigenvalue weighted by atomic mass is 10.2. The standard InChI is InChI=1S/C14H13N5O/c1-19-13(10(15)8-17-19)14(20)18-12-6-2-5-11-9(12)4-3-7-16-11/h2-8H,15H2,1H3,(H,18,20). The molecule has 1 amide bonds. The molecule has 100 valence electrons. The third-order valence-electron chi connectivity index (χ3n) is 3.08. The fourth-order valence-corrected chi connectivity index (χ4v) is 2.13. The number of fused-ring (bicyclic) bond motifs is 1. The third-order valence-corrected chi connectivity index (χ3v) is 3.08. The second-order valence-electron chi connectivity index (χ2n) is 4.40. The molecule has 6 heteroatoms. The molecule has 2 heterocycles. The van der Waals surface area contributed by atoms with Gasteiger partial charge in [-0.3, -0.25) is 14.5 Å². The summed E-state index contributed by atoms with van der Waals surface area (Å²) in [5.41, 5.74) is 7.96. The number of nitrogens with two attached hydrogens (primary N) is 1. The number of anilines is 2. The van der Waals surface area contributed by atoms with Crippen molar-refractivity contribution in [2.24, 2.45) is 7.05 Å². The average molecular weight is 267 g/mol. The van der Waals surface area contributed by atoms with Gasteiger partial charge in [-0.1, -0.05) is 6.07 Å². The number of amides is 1. The Labute approximate surface area is 115 Å². The highest BCUT2D eigenvalue weighted by atomic mass is 16.2. The molecule has 1 aromatic carbocycles. The van der Waals surface area contributed by atoms with Crippen molar-refractivity contribution in [2.75, 3.05) is 11.1 Å². The van der Waals surface area contributed by atoms with Crippen molar-refractivity contribution in [3.05, 3.63) is 48.4 Å². The van der Waals surface area contributed by atoms with Crippen molar-refractivity contribution < 1.29 is 4.79 Å². The molecular weight excluding hydrogens is 254 g/mol. The molecule has 0 aliphatic rings. The Bertz CT molecular complexity index is 768. The molecule has 0 saturated heterocycles. The lowest BCUT2D eigenvalue weighted by molar-refractivity contribution is 0.101. The number of aryl methyl sites for hydroxylation is 1. The number of rotatable bonds is 2. The van der Waals surface area contributed by atoms with Gasteiger partial charge >= 0.3 is 0 Å². The number of nitrogens with one attached hydrogen (secondary N) is 1. The first kappa shape index (κ1) is 12.2. The van der Waals surface area contributed by atoms with Crippen LogP contribution in [-0.4, -0.2) is 20.7 Å². The summed E-state index contributed by atoms with van der Waals surface area (Å²) in [5, 5.41) is 7.69. The fourth-order valence-electron chi connectivity index (χ4n) is 2.13. The molecule has 3 aromatic rings. The summed E-state index contributed by atoms with van der Waals surface area (Å²) in [4.78, 5) is 16.5. The lowest BCUT2D eigenvalue weighted by Gasteiger charge is -2.09. The number of nitrogen functional groups attached to an aromatic ring is 1. The van der Waals surface area contributed by atoms with Crippen molar-refractivity contribution in [1.29, 1.82) is 0 Å². The van der Waals surface area contributed by atoms with E-state index < -0.39 is 0 Å². The quantitative estimate of drug-likeness (QED) is 0.741. The van der Waals surface area contributed by atoms with Crippen LogP contribution in [0.25, 0.3) is 10.9 Å². The molecule has 0 unspecified atom stereocenters. The van der Waals surface area contributed by atoms with Crippen molar-refractivity contribution in [3.8, 4) is 0 Å². The van der Waals surface area contributed by atoms with Crippen LogP contribution in [0.1, 0.15) is 10.5 Å². The molecule has 6 nitrogen and oxygen atoms in total. The van der Waals surface area contributed by atoms with Gasteiger partial charge in [-0.05, 0) is 24.3 Å². The van der Waals surface area contributed by atoms with Crippen LogP contribution >= 0.6 is 0 Å². The van der Waals surface area contributed by atoms with E-state index in [1.165, 1.54) is 10.9 Å². The molecule has 0 aliphatic carbocycles. The fraction of sp³-hybridized carbons (Fsp3) is 0.0714. The van der Waals surface area contributed by atoms with Gasteiger partial charge in [-0.25, -0.2) is 0 Å². The highest BCUT2D eigenvalue weighted by molar-refractivity contribution is 6.10. The highest BCUT2D eigenvalue weighted by Crippen LogP contribution is 2.22. The van der Waals surface area contributed by atoms with Gasteiger partial charge in [-0.2, -0.15) is 5.10 Å². The molecule has 0 aliphatic heterocycles. The zero-order valence-electron chi connectivity index (χ0n) is 10.9. The van der Waals surface area contributed by atoms with Crippen LogP contribution in [0, 0.1) is 0 Å². The van der Waals surface area contributed by atoms with E-state index in [9.17, 15) is 4.79 Å². The van der Waals surface area contributed by atoms with Crippen LogP contribution in [0.4, 0.5) is 11.4 Å². The molecular formula is C14H13N5O. The van der Waals surface area contributed by atoms with Gasteiger partial charge in [0.2, 0.25) is 0 Å². The molecule has 0 spiro atoms. The summed E-state index contributed by atoms with van der Waals surface area (Å²) < 4.78 is 1.45. The van der Waals surface area contributed by atoms with Crippen molar-refractivity contribution >= 4 is 28.2 Å². The van der Waals surface area contributed by atoms with Crippen molar-refractivity contribution in [2.45, 2.75) is 0 Å². The van der Waals surface area contributed by atoms with E-state index in [2.05, 4.69) is 15.4 Å². The van der Waals surface area contributed by atoms with E-state index in [-0.39, 0.29) is 5.91 Å². The Morgan fingerprint density at radius 1 is 1.30 bits per heavy atom. The maximum atomic E-state index is 12.3. The monoisotopic (exact) mass is 267 g/mol. The molecule has 0 radical (unpaired) electrons. The number of carbonyl (C=O) groups is 1. The molecule has 20 heavy (non-hydrogen) atoms. The molecule has 0 atom stereocenters. The molecule has 2 aromatic heterocycles. The Hall–Kier alpha value is -2.89. The minimum Gasteiger partial charge on any atom is -0.396 e. The second-order valence-corrected chi connectivity index (χ2v) is 4.40. The molecule has 0 bridgehead atoms. The van der Waals surface area contributed by atoms with Gasteiger partial charge in [0, 0.05) is 18.6 Å². The molecule has 3 N–H and O–H groups in total. The maximum absolute atomic E-state index is 12.3. The van der Waals surface area contributed by atoms with Crippen LogP contribution in [-0.2, 0) is 7.05 Å². The summed E-state index contributed by atoms with van der Waals surface area (Å²) >= 11 is 0. The normalized spacial score (nSPS) is 10.7. The number of nitrogens with zero attached hydrogens (tertiary/aromatic N) is 3. The van der Waals surface area contributed by atoms with Gasteiger partial charge < -0.3 is 11.1 Å². The molecule has 3 rings (SSSR count). The van der Waals surface area contributed by atoms with Crippen LogP contribution in [0.3, 0.4) is 0 Å². The predicted octanol–water partition coefficient (Wildman–Crippen LogP) is 1.80. The first-order valence-corrected chi connectivity index (χ1v) is 6.09. The van der Waals surface area contributed by atoms with Crippen LogP contribution < -0.4 is 11.1 Å². The number of carbonyl (C=O) groups excluding carboxylic acids is 1. The first-order chi connectivity index (χ1) is 9.66. The van der Waals surface area contributed by atoms with E-state index in [0.717, 1.165) is 10.9 Å². The lowest BCUT2D eigenvalue weighted by Crippen LogP contribution is -2.17. The van der Waals surface area contributed by atoms with Crippen LogP contribution in [0.15, 0.2) is 42.7 Å². The van der Waals surface area contributed by atoms with E-state index >= 15 is 0 Å². The minimum absolute atomic E-state index is 0.293. The summed E-state index contributed by atoms with van der Waals surface area (Å²) in [7, 11) is 1.68. The largest absolute Gasteiger partial charge is 0.396 e. The van der Waals surface area contributed by atoms with Crippen molar-refractivity contribution in [3.63, 3.8) is 0 Å². The number of benzene rings is 1. The number of pyridine rings is 1. The van der Waals surface area contributed by atoms with Gasteiger partial charge in [0.15, 0.2) is 0 Å². The average Bonchev–Trinajstić information content (AvgIpc) is 2.78. The number of hydrogen-bond donors (Lipinski definition) is 2. The third kappa shape index (κ3) is 1.97. The summed E-state index contributed by atoms with van der Waals surface area (Å²) in [6, 6.07) is 9.30. The number of hydrogen-bond acceptors (Lipinski definition) is 4. The van der Waals surface area contributed by atoms with Crippen molar-refractivity contribution in [1.82, 2.24) is 14.8 Å². The summed E-state index contributed by atoms with van der Waals surface area (Å²) in [6.45, 7) is 0. The van der Waals surface area contributed by atoms with Gasteiger partial charge in [0.1, 0.15) is 5.69 Å². The molecule has 0 saturated carbocycles. The Morgan fingerprint density at radius 2 is 2.15 bits per heavy atom. The maximum Gasteiger partial charge on any atom is 0.276 e. The predicted molar refractivity (Wildman–Crippen MR) is 77.3 cm³/mol. The topological polar surface area (TPSA) is 85.8 Å². The zero-order chi connectivity index (χ0) is 14.1. The van der Waals surface area contributed by atoms with E-state index in [1.54, 1.807) is 13.2 Å². The molecule has 0 fully saturated rings. The van der Waals surface area contributed by atoms with Crippen LogP contribution in [0.2, 0.25) is 0 Å². The highest BCUT2D eigenvalue weighted by Gasteiger charge is 2.15. The van der Waals surface area contributed by atoms with E-state index in [4.69, 9.17) is 5.73 Å². The summed E-state index contributed by atoms with van der Waals surface area (Å²) in [5.74, 6) is -0.293. The number of aromatic nitrogens is 3. The Balaban J connectivity index is 2.00. The smallest absolute Gasteiger partial charge is 0.276 e. The van der Waals surface area contributed by atoms with Crippen LogP contribution in [0.5, 0.6) is 0 Å². The zero-order valence-corrected chi connectivity index (χ0v) is 10.9. The Morgan fingerprint density at radius 3 is 2.90 bits per heavy atom. The van der Waals surface area contributed by atoms with E-state index in [0.29, 0.717) is 17.1 Å². The van der Waals surface area contributed by atoms with E-state index in [1.807, 2.05) is 30.3 Å². The SMILES string of the molecule is Cn1ncc(N)c1C(=O)Nc1cccc2ncccc12. The second kappa shape index (κ2) is 4.65. The van der Waals surface area contributed by atoms with Gasteiger partial charge in [0.25, 0.3) is 5.91 Å².